The lowest BCUT2D eigenvalue weighted by Crippen LogP contribution is -2.32. The monoisotopic (exact) mass is 424 g/mol. The lowest BCUT2D eigenvalue weighted by molar-refractivity contribution is -0.384. The van der Waals surface area contributed by atoms with E-state index in [9.17, 15) is 18.5 Å². The molecule has 1 aliphatic rings. The van der Waals surface area contributed by atoms with Crippen molar-refractivity contribution in [1.29, 1.82) is 0 Å². The van der Waals surface area contributed by atoms with Crippen LogP contribution in [0.1, 0.15) is 23.6 Å². The quantitative estimate of drug-likeness (QED) is 0.424. The van der Waals surface area contributed by atoms with Crippen LogP contribution in [0.25, 0.3) is 0 Å². The number of non-ortho nitro benzene ring substituents is 1. The Labute approximate surface area is 154 Å². The van der Waals surface area contributed by atoms with Gasteiger partial charge in [-0.15, -0.1) is 0 Å². The summed E-state index contributed by atoms with van der Waals surface area (Å²) in [5, 5.41) is 10.8. The van der Waals surface area contributed by atoms with E-state index in [0.29, 0.717) is 13.0 Å². The maximum Gasteiger partial charge on any atom is 0.269 e. The van der Waals surface area contributed by atoms with Gasteiger partial charge in [-0.1, -0.05) is 45.8 Å². The number of nitro benzene ring substituents is 1. The Morgan fingerprint density at radius 1 is 1.12 bits per heavy atom. The Kier molecular flexibility index (Phi) is 4.95. The molecule has 1 saturated heterocycles. The Hall–Kier alpha value is -1.77. The summed E-state index contributed by atoms with van der Waals surface area (Å²) in [6.45, 7) is 2.38. The van der Waals surface area contributed by atoms with Crippen LogP contribution in [0, 0.1) is 17.0 Å². The fourth-order valence-corrected chi connectivity index (χ4v) is 5.63. The lowest BCUT2D eigenvalue weighted by atomic mass is 10.0. The van der Waals surface area contributed by atoms with Gasteiger partial charge in [0, 0.05) is 23.5 Å². The zero-order valence-electron chi connectivity index (χ0n) is 13.5. The van der Waals surface area contributed by atoms with Gasteiger partial charge in [0.15, 0.2) is 0 Å². The first-order valence-electron chi connectivity index (χ1n) is 7.77. The molecule has 25 heavy (non-hydrogen) atoms. The highest BCUT2D eigenvalue weighted by Gasteiger charge is 2.41. The number of benzene rings is 2. The fraction of sp³-hybridized carbons (Fsp3) is 0.294. The summed E-state index contributed by atoms with van der Waals surface area (Å²) in [7, 11) is -3.74. The molecule has 8 heteroatoms. The number of nitrogens with zero attached hydrogens (tertiary/aromatic N) is 2. The van der Waals surface area contributed by atoms with Crippen molar-refractivity contribution in [1.82, 2.24) is 4.31 Å². The molecular weight excluding hydrogens is 408 g/mol. The summed E-state index contributed by atoms with van der Waals surface area (Å²) >= 11 is 3.60. The van der Waals surface area contributed by atoms with Crippen molar-refractivity contribution in [3.05, 3.63) is 69.8 Å². The zero-order valence-corrected chi connectivity index (χ0v) is 15.9. The predicted molar refractivity (Wildman–Crippen MR) is 98.2 cm³/mol. The molecule has 0 radical (unpaired) electrons. The Morgan fingerprint density at radius 2 is 1.72 bits per heavy atom. The number of halogens is 1. The van der Waals surface area contributed by atoms with E-state index < -0.39 is 14.9 Å². The second kappa shape index (κ2) is 6.86. The smallest absolute Gasteiger partial charge is 0.258 e. The molecule has 0 spiro atoms. The number of hydrogen-bond acceptors (Lipinski definition) is 4. The third-order valence-corrected chi connectivity index (χ3v) is 7.20. The van der Waals surface area contributed by atoms with E-state index in [1.165, 1.54) is 28.6 Å². The summed E-state index contributed by atoms with van der Waals surface area (Å²) in [5.74, 6) is 0. The molecule has 1 aliphatic heterocycles. The average Bonchev–Trinajstić information content (AvgIpc) is 2.98. The number of alkyl halides is 1. The van der Waals surface area contributed by atoms with Crippen molar-refractivity contribution >= 4 is 31.6 Å². The van der Waals surface area contributed by atoms with Crippen LogP contribution in [-0.4, -0.2) is 29.0 Å². The van der Waals surface area contributed by atoms with Crippen LogP contribution in [0.15, 0.2) is 53.4 Å². The van der Waals surface area contributed by atoms with E-state index in [1.807, 2.05) is 31.2 Å². The first-order valence-corrected chi connectivity index (χ1v) is 10.1. The van der Waals surface area contributed by atoms with Gasteiger partial charge in [0.05, 0.1) is 15.9 Å². The van der Waals surface area contributed by atoms with Crippen molar-refractivity contribution in [3.63, 3.8) is 0 Å². The van der Waals surface area contributed by atoms with Gasteiger partial charge < -0.3 is 0 Å². The summed E-state index contributed by atoms with van der Waals surface area (Å²) in [5.41, 5.74) is 1.90. The molecule has 1 heterocycles. The maximum absolute atomic E-state index is 13.0. The normalized spacial score (nSPS) is 21.4. The third-order valence-electron chi connectivity index (χ3n) is 4.35. The van der Waals surface area contributed by atoms with Crippen LogP contribution in [0.2, 0.25) is 0 Å². The standard InChI is InChI=1S/C17H17BrN2O4S/c1-12-2-4-13(5-3-12)17-16(18)10-11-19(17)25(23,24)15-8-6-14(7-9-15)20(21)22/h2-9,16-17H,10-11H2,1H3/t16-,17+/m1/s1. The number of hydrogen-bond donors (Lipinski definition) is 0. The van der Waals surface area contributed by atoms with E-state index in [0.717, 1.165) is 11.1 Å². The maximum atomic E-state index is 13.0. The van der Waals surface area contributed by atoms with Crippen LogP contribution in [0.3, 0.4) is 0 Å². The second-order valence-corrected chi connectivity index (χ2v) is 9.09. The number of sulfonamides is 1. The van der Waals surface area contributed by atoms with Crippen molar-refractivity contribution in [2.75, 3.05) is 6.54 Å². The largest absolute Gasteiger partial charge is 0.269 e. The van der Waals surface area contributed by atoms with E-state index >= 15 is 0 Å². The van der Waals surface area contributed by atoms with Crippen LogP contribution in [0.4, 0.5) is 5.69 Å². The highest BCUT2D eigenvalue weighted by Crippen LogP contribution is 2.40. The molecule has 0 unspecified atom stereocenters. The van der Waals surface area contributed by atoms with Gasteiger partial charge >= 0.3 is 0 Å². The van der Waals surface area contributed by atoms with E-state index in [2.05, 4.69) is 15.9 Å². The summed E-state index contributed by atoms with van der Waals surface area (Å²) in [6.07, 6.45) is 0.699. The number of nitro groups is 1. The molecule has 132 valence electrons. The highest BCUT2D eigenvalue weighted by molar-refractivity contribution is 9.09. The van der Waals surface area contributed by atoms with Crippen LogP contribution in [0.5, 0.6) is 0 Å². The molecule has 0 bridgehead atoms. The van der Waals surface area contributed by atoms with Gasteiger partial charge in [-0.25, -0.2) is 8.42 Å². The van der Waals surface area contributed by atoms with Gasteiger partial charge in [0.2, 0.25) is 10.0 Å². The minimum atomic E-state index is -3.74. The first kappa shape index (κ1) is 18.0. The average molecular weight is 425 g/mol. The molecule has 2 aromatic rings. The third kappa shape index (κ3) is 3.47. The molecule has 0 aromatic heterocycles. The molecule has 6 nitrogen and oxygen atoms in total. The van der Waals surface area contributed by atoms with Gasteiger partial charge in [0.25, 0.3) is 5.69 Å². The molecule has 2 aromatic carbocycles. The molecule has 2 atom stereocenters. The Bertz CT molecular complexity index is 882. The Balaban J connectivity index is 1.97. The molecule has 0 amide bonds. The summed E-state index contributed by atoms with van der Waals surface area (Å²) in [6, 6.07) is 12.5. The van der Waals surface area contributed by atoms with Crippen LogP contribution >= 0.6 is 15.9 Å². The van der Waals surface area contributed by atoms with Crippen molar-refractivity contribution in [3.8, 4) is 0 Å². The van der Waals surface area contributed by atoms with Gasteiger partial charge in [-0.3, -0.25) is 10.1 Å². The Morgan fingerprint density at radius 3 is 2.28 bits per heavy atom. The second-order valence-electron chi connectivity index (χ2n) is 6.03. The van der Waals surface area contributed by atoms with E-state index in [4.69, 9.17) is 0 Å². The molecule has 3 rings (SSSR count). The highest BCUT2D eigenvalue weighted by atomic mass is 79.9. The predicted octanol–water partition coefficient (Wildman–Crippen LogP) is 3.80. The molecule has 1 fully saturated rings. The van der Waals surface area contributed by atoms with Crippen molar-refractivity contribution in [2.24, 2.45) is 0 Å². The topological polar surface area (TPSA) is 80.5 Å². The summed E-state index contributed by atoms with van der Waals surface area (Å²) < 4.78 is 27.6. The SMILES string of the molecule is Cc1ccc([C@H]2[C@H](Br)CCN2S(=O)(=O)c2ccc([N+](=O)[O-])cc2)cc1. The minimum Gasteiger partial charge on any atom is -0.258 e. The minimum absolute atomic E-state index is 0.0167. The lowest BCUT2D eigenvalue weighted by Gasteiger charge is -2.26. The van der Waals surface area contributed by atoms with Crippen LogP contribution < -0.4 is 0 Å². The van der Waals surface area contributed by atoms with Crippen molar-refractivity contribution < 1.29 is 13.3 Å². The molecule has 0 saturated carbocycles. The zero-order chi connectivity index (χ0) is 18.2. The van der Waals surface area contributed by atoms with Crippen molar-refractivity contribution in [2.45, 2.75) is 29.1 Å². The number of rotatable bonds is 4. The van der Waals surface area contributed by atoms with Crippen LogP contribution in [-0.2, 0) is 10.0 Å². The molecule has 0 aliphatic carbocycles. The van der Waals surface area contributed by atoms with Gasteiger partial charge in [-0.05, 0) is 31.0 Å². The van der Waals surface area contributed by atoms with E-state index in [-0.39, 0.29) is 21.5 Å². The van der Waals surface area contributed by atoms with Gasteiger partial charge in [0.1, 0.15) is 0 Å². The molecular formula is C17H17BrN2O4S. The van der Waals surface area contributed by atoms with Gasteiger partial charge in [-0.2, -0.15) is 4.31 Å². The van der Waals surface area contributed by atoms with E-state index in [1.54, 1.807) is 0 Å². The number of aryl methyl sites for hydroxylation is 1. The first-order chi connectivity index (χ1) is 11.8. The fourth-order valence-electron chi connectivity index (χ4n) is 3.01. The molecule has 0 N–H and O–H groups in total. The summed E-state index contributed by atoms with van der Waals surface area (Å²) in [4.78, 5) is 10.3.